The van der Waals surface area contributed by atoms with E-state index in [1.807, 2.05) is 0 Å². The molecule has 2 atom stereocenters. The number of rotatable bonds is 0. The van der Waals surface area contributed by atoms with Gasteiger partial charge >= 0.3 is 0 Å². The Kier molecular flexibility index (Phi) is 1.02. The Morgan fingerprint density at radius 2 is 2.25 bits per heavy atom. The highest BCUT2D eigenvalue weighted by molar-refractivity contribution is 4.69. The van der Waals surface area contributed by atoms with Crippen molar-refractivity contribution in [2.75, 3.05) is 6.54 Å². The second-order valence-corrected chi connectivity index (χ2v) is 2.55. The number of hydrogen-bond acceptors (Lipinski definition) is 2. The number of nitrogens with zero attached hydrogens (tertiary/aromatic N) is 1. The van der Waals surface area contributed by atoms with Gasteiger partial charge in [0.05, 0.1) is 0 Å². The molecule has 2 fully saturated rings. The summed E-state index contributed by atoms with van der Waals surface area (Å²) < 4.78 is 0. The van der Waals surface area contributed by atoms with Gasteiger partial charge in [-0.05, 0) is 19.3 Å². The molecule has 0 N–H and O–H groups in total. The minimum atomic E-state index is 0.525. The molecule has 2 saturated heterocycles. The van der Waals surface area contributed by atoms with Gasteiger partial charge in [0.1, 0.15) is 0 Å². The van der Waals surface area contributed by atoms with E-state index >= 15 is 0 Å². The number of hydrogen-bond donors (Lipinski definition) is 0. The first-order chi connectivity index (χ1) is 3.97. The van der Waals surface area contributed by atoms with Crippen molar-refractivity contribution >= 4 is 0 Å². The monoisotopic (exact) mass is 113 g/mol. The molecule has 0 spiro atoms. The van der Waals surface area contributed by atoms with Crippen molar-refractivity contribution in [1.29, 1.82) is 0 Å². The summed E-state index contributed by atoms with van der Waals surface area (Å²) in [7, 11) is 0. The third kappa shape index (κ3) is 0.740. The zero-order valence-electron chi connectivity index (χ0n) is 4.97. The maximum atomic E-state index is 5.19. The molecule has 0 amide bonds. The van der Waals surface area contributed by atoms with Gasteiger partial charge in [0, 0.05) is 6.54 Å². The van der Waals surface area contributed by atoms with E-state index in [-0.39, 0.29) is 0 Å². The molecular weight excluding hydrogens is 102 g/mol. The molecule has 46 valence electrons. The molecule has 2 unspecified atom stereocenters. The Morgan fingerprint density at radius 3 is 3.25 bits per heavy atom. The van der Waals surface area contributed by atoms with Crippen LogP contribution in [0, 0.1) is 0 Å². The van der Waals surface area contributed by atoms with Crippen molar-refractivity contribution in [3.63, 3.8) is 0 Å². The second kappa shape index (κ2) is 1.71. The third-order valence-corrected chi connectivity index (χ3v) is 1.86. The van der Waals surface area contributed by atoms with Gasteiger partial charge in [0.25, 0.3) is 0 Å². The average Bonchev–Trinajstić information content (AvgIpc) is 2.36. The van der Waals surface area contributed by atoms with E-state index < -0.39 is 0 Å². The molecule has 0 aliphatic carbocycles. The first kappa shape index (κ1) is 4.77. The molecule has 2 nitrogen and oxygen atoms in total. The smallest absolute Gasteiger partial charge is 0.154 e. The normalized spacial score (nSPS) is 45.0. The van der Waals surface area contributed by atoms with Crippen molar-refractivity contribution in [3.8, 4) is 0 Å². The quantitative estimate of drug-likeness (QED) is 0.438. The highest BCUT2D eigenvalue weighted by Crippen LogP contribution is 2.28. The van der Waals surface area contributed by atoms with Crippen LogP contribution in [0.2, 0.25) is 0 Å². The van der Waals surface area contributed by atoms with E-state index in [0.29, 0.717) is 6.23 Å². The minimum absolute atomic E-state index is 0.525. The van der Waals surface area contributed by atoms with Crippen molar-refractivity contribution in [2.45, 2.75) is 31.9 Å². The Balaban J connectivity index is 1.89. The molecule has 0 bridgehead atoms. The Bertz CT molecular complexity index is 84.5. The largest absolute Gasteiger partial charge is 0.275 e. The SMILES string of the molecule is C1CCC2ON2CC1. The summed E-state index contributed by atoms with van der Waals surface area (Å²) in [5, 5.41) is 2.09. The van der Waals surface area contributed by atoms with Gasteiger partial charge in [-0.15, -0.1) is 0 Å². The Labute approximate surface area is 49.4 Å². The van der Waals surface area contributed by atoms with Gasteiger partial charge in [0.15, 0.2) is 6.23 Å². The molecule has 2 heteroatoms. The van der Waals surface area contributed by atoms with Crippen LogP contribution in [0.4, 0.5) is 0 Å². The van der Waals surface area contributed by atoms with Crippen molar-refractivity contribution in [2.24, 2.45) is 0 Å². The molecular formula is C6H11NO. The molecule has 2 aliphatic heterocycles. The van der Waals surface area contributed by atoms with Gasteiger partial charge in [-0.1, -0.05) is 6.42 Å². The van der Waals surface area contributed by atoms with Crippen LogP contribution in [0.3, 0.4) is 0 Å². The lowest BCUT2D eigenvalue weighted by Crippen LogP contribution is -1.98. The van der Waals surface area contributed by atoms with Gasteiger partial charge in [0.2, 0.25) is 0 Å². The van der Waals surface area contributed by atoms with Crippen molar-refractivity contribution in [1.82, 2.24) is 5.06 Å². The molecule has 0 saturated carbocycles. The molecule has 0 aromatic heterocycles. The van der Waals surface area contributed by atoms with Crippen LogP contribution in [0.25, 0.3) is 0 Å². The topological polar surface area (TPSA) is 15.5 Å². The Morgan fingerprint density at radius 1 is 1.25 bits per heavy atom. The van der Waals surface area contributed by atoms with Crippen LogP contribution < -0.4 is 0 Å². The van der Waals surface area contributed by atoms with Crippen LogP contribution in [-0.2, 0) is 4.84 Å². The summed E-state index contributed by atoms with van der Waals surface area (Å²) in [5.74, 6) is 0. The standard InChI is InChI=1S/C6H11NO/c1-2-4-6-7(8-6)5-3-1/h6H,1-5H2. The highest BCUT2D eigenvalue weighted by atomic mass is 16.8. The van der Waals surface area contributed by atoms with Gasteiger partial charge < -0.3 is 0 Å². The third-order valence-electron chi connectivity index (χ3n) is 1.86. The molecule has 2 rings (SSSR count). The zero-order valence-corrected chi connectivity index (χ0v) is 4.97. The first-order valence-electron chi connectivity index (χ1n) is 3.40. The van der Waals surface area contributed by atoms with Gasteiger partial charge in [-0.25, -0.2) is 0 Å². The second-order valence-electron chi connectivity index (χ2n) is 2.55. The fourth-order valence-electron chi connectivity index (χ4n) is 1.29. The maximum Gasteiger partial charge on any atom is 0.154 e. The summed E-state index contributed by atoms with van der Waals surface area (Å²) >= 11 is 0. The van der Waals surface area contributed by atoms with Crippen LogP contribution in [0.5, 0.6) is 0 Å². The van der Waals surface area contributed by atoms with E-state index in [9.17, 15) is 0 Å². The molecule has 0 radical (unpaired) electrons. The number of hydroxylamine groups is 2. The van der Waals surface area contributed by atoms with E-state index in [1.165, 1.54) is 32.2 Å². The van der Waals surface area contributed by atoms with Crippen molar-refractivity contribution in [3.05, 3.63) is 0 Å². The fraction of sp³-hybridized carbons (Fsp3) is 1.00. The molecule has 0 aromatic rings. The highest BCUT2D eigenvalue weighted by Gasteiger charge is 2.36. The lowest BCUT2D eigenvalue weighted by Gasteiger charge is -1.90. The van der Waals surface area contributed by atoms with Crippen LogP contribution in [-0.4, -0.2) is 17.8 Å². The zero-order chi connectivity index (χ0) is 5.40. The predicted molar refractivity (Wildman–Crippen MR) is 30.0 cm³/mol. The van der Waals surface area contributed by atoms with E-state index in [1.54, 1.807) is 0 Å². The van der Waals surface area contributed by atoms with E-state index in [0.717, 1.165) is 0 Å². The number of fused-ring (bicyclic) bond motifs is 1. The molecule has 8 heavy (non-hydrogen) atoms. The minimum Gasteiger partial charge on any atom is -0.275 e. The molecule has 2 aliphatic rings. The fourth-order valence-corrected chi connectivity index (χ4v) is 1.29. The summed E-state index contributed by atoms with van der Waals surface area (Å²) in [6, 6.07) is 0. The van der Waals surface area contributed by atoms with Gasteiger partial charge in [-0.2, -0.15) is 5.06 Å². The Hall–Kier alpha value is -0.0800. The summed E-state index contributed by atoms with van der Waals surface area (Å²) in [6.45, 7) is 1.17. The van der Waals surface area contributed by atoms with Crippen LogP contribution in [0.15, 0.2) is 0 Å². The van der Waals surface area contributed by atoms with E-state index in [4.69, 9.17) is 4.84 Å². The van der Waals surface area contributed by atoms with Gasteiger partial charge in [-0.3, -0.25) is 4.84 Å². The molecule has 2 heterocycles. The van der Waals surface area contributed by atoms with Crippen LogP contribution in [0.1, 0.15) is 25.7 Å². The first-order valence-corrected chi connectivity index (χ1v) is 3.40. The summed E-state index contributed by atoms with van der Waals surface area (Å²) in [5.41, 5.74) is 0. The lowest BCUT2D eigenvalue weighted by molar-refractivity contribution is 0.191. The summed E-state index contributed by atoms with van der Waals surface area (Å²) in [4.78, 5) is 5.19. The van der Waals surface area contributed by atoms with E-state index in [2.05, 4.69) is 5.06 Å². The van der Waals surface area contributed by atoms with Crippen molar-refractivity contribution < 1.29 is 4.84 Å². The maximum absolute atomic E-state index is 5.19. The summed E-state index contributed by atoms with van der Waals surface area (Å²) in [6.07, 6.45) is 5.88. The lowest BCUT2D eigenvalue weighted by atomic mass is 10.2. The van der Waals surface area contributed by atoms with Crippen LogP contribution >= 0.6 is 0 Å². The average molecular weight is 113 g/mol. The predicted octanol–water partition coefficient (Wildman–Crippen LogP) is 1.13. The molecule has 0 aromatic carbocycles.